The molecule has 8 nitrogen and oxygen atoms in total. The molecule has 0 aliphatic carbocycles. The lowest BCUT2D eigenvalue weighted by Gasteiger charge is -2.40. The van der Waals surface area contributed by atoms with Crippen LogP contribution in [0.15, 0.2) is 29.3 Å². The predicted octanol–water partition coefficient (Wildman–Crippen LogP) is 2.91. The lowest BCUT2D eigenvalue weighted by molar-refractivity contribution is 0.00700. The number of nitrogens with one attached hydrogen (secondary N) is 2. The Kier molecular flexibility index (Phi) is 10.1. The molecule has 0 radical (unpaired) electrons. The summed E-state index contributed by atoms with van der Waals surface area (Å²) >= 11 is 0. The molecule has 1 heterocycles. The second-order valence-electron chi connectivity index (χ2n) is 8.49. The highest BCUT2D eigenvalue weighted by Crippen LogP contribution is 2.15. The monoisotopic (exact) mass is 434 g/mol. The number of amides is 1. The summed E-state index contributed by atoms with van der Waals surface area (Å²) in [5.41, 5.74) is 1.76. The van der Waals surface area contributed by atoms with Gasteiger partial charge in [-0.05, 0) is 45.7 Å². The van der Waals surface area contributed by atoms with Crippen LogP contribution in [0.25, 0.3) is 0 Å². The smallest absolute Gasteiger partial charge is 0.410 e. The normalized spacial score (nSPS) is 14.9. The van der Waals surface area contributed by atoms with Crippen molar-refractivity contribution in [1.82, 2.24) is 15.5 Å². The third-order valence-corrected chi connectivity index (χ3v) is 4.47. The number of guanidine groups is 1. The number of likely N-dealkylation sites (tertiary alicyclic amines) is 1. The zero-order valence-corrected chi connectivity index (χ0v) is 19.6. The van der Waals surface area contributed by atoms with E-state index in [2.05, 4.69) is 28.8 Å². The lowest BCUT2D eigenvalue weighted by atomic mass is 10.1. The molecule has 31 heavy (non-hydrogen) atoms. The second kappa shape index (κ2) is 12.5. The first-order valence-electron chi connectivity index (χ1n) is 11.1. The van der Waals surface area contributed by atoms with Crippen molar-refractivity contribution in [3.63, 3.8) is 0 Å². The second-order valence-corrected chi connectivity index (χ2v) is 8.49. The van der Waals surface area contributed by atoms with Crippen molar-refractivity contribution in [3.05, 3.63) is 35.4 Å². The van der Waals surface area contributed by atoms with Gasteiger partial charge in [0, 0.05) is 26.2 Å². The van der Waals surface area contributed by atoms with E-state index in [1.807, 2.05) is 40.7 Å². The Morgan fingerprint density at radius 2 is 1.87 bits per heavy atom. The molecule has 8 heteroatoms. The number of hydrogen-bond donors (Lipinski definition) is 2. The van der Waals surface area contributed by atoms with E-state index < -0.39 is 5.60 Å². The van der Waals surface area contributed by atoms with Gasteiger partial charge in [0.05, 0.1) is 32.4 Å². The fourth-order valence-corrected chi connectivity index (χ4v) is 3.00. The third kappa shape index (κ3) is 9.57. The molecular weight excluding hydrogens is 396 g/mol. The lowest BCUT2D eigenvalue weighted by Crippen LogP contribution is -2.63. The van der Waals surface area contributed by atoms with Gasteiger partial charge < -0.3 is 29.7 Å². The molecule has 1 aliphatic rings. The number of nitrogens with zero attached hydrogens (tertiary/aromatic N) is 2. The maximum atomic E-state index is 12.1. The molecule has 0 atom stereocenters. The topological polar surface area (TPSA) is 84.4 Å². The first-order chi connectivity index (χ1) is 14.8. The number of carbonyl (C=O) groups is 1. The highest BCUT2D eigenvalue weighted by Gasteiger charge is 2.34. The maximum Gasteiger partial charge on any atom is 0.410 e. The number of rotatable bonds is 10. The largest absolute Gasteiger partial charge is 0.444 e. The molecule has 1 saturated heterocycles. The maximum absolute atomic E-state index is 12.1. The van der Waals surface area contributed by atoms with E-state index in [1.165, 1.54) is 0 Å². The van der Waals surface area contributed by atoms with Crippen LogP contribution in [0.1, 0.15) is 45.7 Å². The molecule has 0 spiro atoms. The minimum absolute atomic E-state index is 0.162. The molecule has 1 aliphatic heterocycles. The fourth-order valence-electron chi connectivity index (χ4n) is 3.00. The van der Waals surface area contributed by atoms with Crippen molar-refractivity contribution < 1.29 is 19.0 Å². The van der Waals surface area contributed by atoms with Crippen LogP contribution in [0.3, 0.4) is 0 Å². The summed E-state index contributed by atoms with van der Waals surface area (Å²) in [7, 11) is 0. The van der Waals surface area contributed by atoms with E-state index in [0.717, 1.165) is 23.6 Å². The van der Waals surface area contributed by atoms with Gasteiger partial charge in [-0.25, -0.2) is 9.79 Å². The van der Waals surface area contributed by atoms with Gasteiger partial charge in [-0.2, -0.15) is 0 Å². The van der Waals surface area contributed by atoms with E-state index >= 15 is 0 Å². The Morgan fingerprint density at radius 1 is 1.16 bits per heavy atom. The van der Waals surface area contributed by atoms with Crippen LogP contribution in [0.2, 0.25) is 0 Å². The molecule has 1 amide bonds. The number of aliphatic imine (C=N–C) groups is 1. The molecule has 2 N–H and O–H groups in total. The van der Waals surface area contributed by atoms with Gasteiger partial charge in [0.25, 0.3) is 0 Å². The number of hydrogen-bond acceptors (Lipinski definition) is 5. The van der Waals surface area contributed by atoms with Crippen LogP contribution >= 0.6 is 0 Å². The molecule has 0 bridgehead atoms. The van der Waals surface area contributed by atoms with Gasteiger partial charge in [0.15, 0.2) is 5.96 Å². The van der Waals surface area contributed by atoms with E-state index in [-0.39, 0.29) is 12.1 Å². The van der Waals surface area contributed by atoms with E-state index in [1.54, 1.807) is 4.90 Å². The summed E-state index contributed by atoms with van der Waals surface area (Å²) in [6.45, 7) is 14.6. The fraction of sp³-hybridized carbons (Fsp3) is 0.652. The van der Waals surface area contributed by atoms with Crippen molar-refractivity contribution in [2.45, 2.75) is 59.4 Å². The van der Waals surface area contributed by atoms with E-state index in [4.69, 9.17) is 19.2 Å². The summed E-state index contributed by atoms with van der Waals surface area (Å²) in [6.07, 6.45) is -0.271. The van der Waals surface area contributed by atoms with Gasteiger partial charge in [-0.1, -0.05) is 24.3 Å². The average molecular weight is 435 g/mol. The standard InChI is InChI=1S/C23H38N4O4/c1-6-24-21(26-20-15-27(16-20)22(28)31-23(3,4)5)25-14-18-9-8-10-19(13-18)17-30-12-11-29-7-2/h8-10,13,20H,6-7,11-12,14-17H2,1-5H3,(H2,24,25,26). The summed E-state index contributed by atoms with van der Waals surface area (Å²) < 4.78 is 16.3. The van der Waals surface area contributed by atoms with Crippen LogP contribution in [-0.4, -0.2) is 68.1 Å². The van der Waals surface area contributed by atoms with Gasteiger partial charge in [-0.3, -0.25) is 0 Å². The van der Waals surface area contributed by atoms with Crippen molar-refractivity contribution in [2.24, 2.45) is 4.99 Å². The van der Waals surface area contributed by atoms with Crippen LogP contribution in [0.5, 0.6) is 0 Å². The minimum Gasteiger partial charge on any atom is -0.444 e. The molecule has 1 fully saturated rings. The highest BCUT2D eigenvalue weighted by molar-refractivity contribution is 5.80. The van der Waals surface area contributed by atoms with Crippen molar-refractivity contribution in [3.8, 4) is 0 Å². The SMILES string of the molecule is CCNC(=NCc1cccc(COCCOCC)c1)NC1CN(C(=O)OC(C)(C)C)C1. The predicted molar refractivity (Wildman–Crippen MR) is 122 cm³/mol. The van der Waals surface area contributed by atoms with Gasteiger partial charge >= 0.3 is 6.09 Å². The molecule has 0 unspecified atom stereocenters. The molecule has 1 aromatic carbocycles. The van der Waals surface area contributed by atoms with E-state index in [0.29, 0.717) is 46.1 Å². The van der Waals surface area contributed by atoms with Crippen LogP contribution < -0.4 is 10.6 Å². The summed E-state index contributed by atoms with van der Waals surface area (Å²) in [5, 5.41) is 6.66. The van der Waals surface area contributed by atoms with Gasteiger partial charge in [0.1, 0.15) is 5.60 Å². The molecule has 0 aromatic heterocycles. The molecule has 174 valence electrons. The quantitative estimate of drug-likeness (QED) is 0.335. The highest BCUT2D eigenvalue weighted by atomic mass is 16.6. The molecule has 2 rings (SSSR count). The van der Waals surface area contributed by atoms with Crippen molar-refractivity contribution in [1.29, 1.82) is 0 Å². The Morgan fingerprint density at radius 3 is 2.55 bits per heavy atom. The first-order valence-corrected chi connectivity index (χ1v) is 11.1. The number of benzene rings is 1. The minimum atomic E-state index is -0.477. The zero-order chi connectivity index (χ0) is 22.7. The Labute approximate surface area is 186 Å². The summed E-state index contributed by atoms with van der Waals surface area (Å²) in [5.74, 6) is 0.745. The Bertz CT molecular complexity index is 712. The zero-order valence-electron chi connectivity index (χ0n) is 19.6. The van der Waals surface area contributed by atoms with Gasteiger partial charge in [0.2, 0.25) is 0 Å². The van der Waals surface area contributed by atoms with Crippen molar-refractivity contribution >= 4 is 12.1 Å². The first kappa shape index (κ1) is 24.9. The summed E-state index contributed by atoms with van der Waals surface area (Å²) in [6, 6.07) is 8.41. The number of ether oxygens (including phenoxy) is 3. The molecular formula is C23H38N4O4. The average Bonchev–Trinajstić information content (AvgIpc) is 2.67. The van der Waals surface area contributed by atoms with E-state index in [9.17, 15) is 4.79 Å². The Hall–Kier alpha value is -2.32. The van der Waals surface area contributed by atoms with Crippen LogP contribution in [-0.2, 0) is 27.4 Å². The van der Waals surface area contributed by atoms with Crippen LogP contribution in [0.4, 0.5) is 4.79 Å². The number of carbonyl (C=O) groups excluding carboxylic acids is 1. The molecule has 0 saturated carbocycles. The third-order valence-electron chi connectivity index (χ3n) is 4.47. The van der Waals surface area contributed by atoms with Crippen LogP contribution in [0, 0.1) is 0 Å². The van der Waals surface area contributed by atoms with Crippen molar-refractivity contribution in [2.75, 3.05) is 39.5 Å². The molecule has 1 aromatic rings. The van der Waals surface area contributed by atoms with Gasteiger partial charge in [-0.15, -0.1) is 0 Å². The Balaban J connectivity index is 1.81. The summed E-state index contributed by atoms with van der Waals surface area (Å²) in [4.78, 5) is 18.5.